The second-order valence-electron chi connectivity index (χ2n) is 4.16. The van der Waals surface area contributed by atoms with Gasteiger partial charge in [0.15, 0.2) is 0 Å². The SMILES string of the molecule is OCC1CCCCN1Cc1cccnc1. The first-order chi connectivity index (χ1) is 7.40. The Hall–Kier alpha value is -0.930. The van der Waals surface area contributed by atoms with Crippen LogP contribution < -0.4 is 0 Å². The van der Waals surface area contributed by atoms with Crippen molar-refractivity contribution in [2.75, 3.05) is 13.2 Å². The van der Waals surface area contributed by atoms with Crippen molar-refractivity contribution >= 4 is 0 Å². The molecule has 0 aromatic carbocycles. The zero-order valence-corrected chi connectivity index (χ0v) is 8.97. The third-order valence-electron chi connectivity index (χ3n) is 3.07. The van der Waals surface area contributed by atoms with Gasteiger partial charge in [-0.15, -0.1) is 0 Å². The lowest BCUT2D eigenvalue weighted by molar-refractivity contribution is 0.0840. The first-order valence-electron chi connectivity index (χ1n) is 5.64. The van der Waals surface area contributed by atoms with Crippen LogP contribution in [0.25, 0.3) is 0 Å². The van der Waals surface area contributed by atoms with Crippen molar-refractivity contribution in [2.45, 2.75) is 31.8 Å². The Balaban J connectivity index is 1.97. The van der Waals surface area contributed by atoms with Gasteiger partial charge in [0.1, 0.15) is 0 Å². The fourth-order valence-corrected chi connectivity index (χ4v) is 2.20. The van der Waals surface area contributed by atoms with Crippen LogP contribution >= 0.6 is 0 Å². The molecule has 0 spiro atoms. The van der Waals surface area contributed by atoms with Crippen molar-refractivity contribution in [3.05, 3.63) is 30.1 Å². The summed E-state index contributed by atoms with van der Waals surface area (Å²) in [6.07, 6.45) is 7.31. The molecular formula is C12H18N2O. The molecule has 82 valence electrons. The van der Waals surface area contributed by atoms with E-state index < -0.39 is 0 Å². The fourth-order valence-electron chi connectivity index (χ4n) is 2.20. The summed E-state index contributed by atoms with van der Waals surface area (Å²) >= 11 is 0. The first-order valence-corrected chi connectivity index (χ1v) is 5.64. The number of aliphatic hydroxyl groups excluding tert-OH is 1. The van der Waals surface area contributed by atoms with Gasteiger partial charge < -0.3 is 5.11 Å². The van der Waals surface area contributed by atoms with Gasteiger partial charge in [-0.25, -0.2) is 0 Å². The summed E-state index contributed by atoms with van der Waals surface area (Å²) in [6, 6.07) is 4.41. The lowest BCUT2D eigenvalue weighted by Crippen LogP contribution is -2.41. The van der Waals surface area contributed by atoms with Crippen molar-refractivity contribution < 1.29 is 5.11 Å². The lowest BCUT2D eigenvalue weighted by atomic mass is 10.0. The van der Waals surface area contributed by atoms with Crippen LogP contribution in [-0.4, -0.2) is 34.2 Å². The lowest BCUT2D eigenvalue weighted by Gasteiger charge is -2.34. The minimum absolute atomic E-state index is 0.278. The largest absolute Gasteiger partial charge is 0.395 e. The van der Waals surface area contributed by atoms with E-state index in [2.05, 4.69) is 16.0 Å². The highest BCUT2D eigenvalue weighted by Gasteiger charge is 2.21. The zero-order valence-electron chi connectivity index (χ0n) is 8.97. The number of pyridine rings is 1. The van der Waals surface area contributed by atoms with E-state index in [0.717, 1.165) is 19.5 Å². The molecule has 1 saturated heterocycles. The predicted octanol–water partition coefficient (Wildman–Crippen LogP) is 1.43. The minimum Gasteiger partial charge on any atom is -0.395 e. The number of hydrogen-bond donors (Lipinski definition) is 1. The molecule has 1 aliphatic heterocycles. The van der Waals surface area contributed by atoms with Gasteiger partial charge in [0, 0.05) is 25.0 Å². The second kappa shape index (κ2) is 5.24. The molecule has 1 fully saturated rings. The summed E-state index contributed by atoms with van der Waals surface area (Å²) in [5.74, 6) is 0. The van der Waals surface area contributed by atoms with Gasteiger partial charge >= 0.3 is 0 Å². The Morgan fingerprint density at radius 1 is 1.47 bits per heavy atom. The summed E-state index contributed by atoms with van der Waals surface area (Å²) in [6.45, 7) is 2.29. The monoisotopic (exact) mass is 206 g/mol. The molecule has 1 atom stereocenters. The van der Waals surface area contributed by atoms with Crippen LogP contribution in [0.5, 0.6) is 0 Å². The van der Waals surface area contributed by atoms with Crippen molar-refractivity contribution in [2.24, 2.45) is 0 Å². The average molecular weight is 206 g/mol. The fraction of sp³-hybridized carbons (Fsp3) is 0.583. The summed E-state index contributed by atoms with van der Waals surface area (Å²) < 4.78 is 0. The number of rotatable bonds is 3. The zero-order chi connectivity index (χ0) is 10.5. The van der Waals surface area contributed by atoms with E-state index in [4.69, 9.17) is 0 Å². The number of aromatic nitrogens is 1. The molecule has 1 aromatic heterocycles. The number of nitrogens with zero attached hydrogens (tertiary/aromatic N) is 2. The smallest absolute Gasteiger partial charge is 0.0586 e. The Morgan fingerprint density at radius 2 is 2.40 bits per heavy atom. The van der Waals surface area contributed by atoms with E-state index in [1.807, 2.05) is 12.3 Å². The maximum Gasteiger partial charge on any atom is 0.0586 e. The molecule has 0 aliphatic carbocycles. The van der Waals surface area contributed by atoms with Crippen LogP contribution in [0, 0.1) is 0 Å². The van der Waals surface area contributed by atoms with E-state index in [-0.39, 0.29) is 6.61 Å². The Kier molecular flexibility index (Phi) is 3.69. The van der Waals surface area contributed by atoms with Crippen LogP contribution in [0.2, 0.25) is 0 Å². The molecule has 0 saturated carbocycles. The summed E-state index contributed by atoms with van der Waals surface area (Å²) in [5.41, 5.74) is 1.23. The summed E-state index contributed by atoms with van der Waals surface area (Å²) in [7, 11) is 0. The highest BCUT2D eigenvalue weighted by Crippen LogP contribution is 2.18. The van der Waals surface area contributed by atoms with E-state index in [1.54, 1.807) is 6.20 Å². The molecular weight excluding hydrogens is 188 g/mol. The van der Waals surface area contributed by atoms with Gasteiger partial charge in [0.2, 0.25) is 0 Å². The van der Waals surface area contributed by atoms with E-state index in [9.17, 15) is 5.11 Å². The molecule has 0 bridgehead atoms. The van der Waals surface area contributed by atoms with Crippen molar-refractivity contribution in [1.29, 1.82) is 0 Å². The summed E-state index contributed by atoms with van der Waals surface area (Å²) in [4.78, 5) is 6.47. The molecule has 0 amide bonds. The van der Waals surface area contributed by atoms with Gasteiger partial charge in [-0.2, -0.15) is 0 Å². The first kappa shape index (κ1) is 10.6. The topological polar surface area (TPSA) is 36.4 Å². The molecule has 15 heavy (non-hydrogen) atoms. The van der Waals surface area contributed by atoms with Crippen LogP contribution in [0.15, 0.2) is 24.5 Å². The molecule has 0 radical (unpaired) electrons. The standard InChI is InChI=1S/C12H18N2O/c15-10-12-5-1-2-7-14(12)9-11-4-3-6-13-8-11/h3-4,6,8,12,15H,1-2,5,7,9-10H2. The second-order valence-corrected chi connectivity index (χ2v) is 4.16. The van der Waals surface area contributed by atoms with Gasteiger partial charge in [-0.1, -0.05) is 12.5 Å². The van der Waals surface area contributed by atoms with Gasteiger partial charge in [-0.05, 0) is 31.0 Å². The third-order valence-corrected chi connectivity index (χ3v) is 3.07. The Morgan fingerprint density at radius 3 is 3.13 bits per heavy atom. The molecule has 2 heterocycles. The number of hydrogen-bond acceptors (Lipinski definition) is 3. The van der Waals surface area contributed by atoms with Crippen LogP contribution in [-0.2, 0) is 6.54 Å². The van der Waals surface area contributed by atoms with E-state index >= 15 is 0 Å². The third kappa shape index (κ3) is 2.76. The molecule has 1 aliphatic rings. The molecule has 1 unspecified atom stereocenters. The molecule has 2 rings (SSSR count). The van der Waals surface area contributed by atoms with E-state index in [0.29, 0.717) is 6.04 Å². The summed E-state index contributed by atoms with van der Waals surface area (Å²) in [5, 5.41) is 9.28. The highest BCUT2D eigenvalue weighted by molar-refractivity contribution is 5.08. The molecule has 3 nitrogen and oxygen atoms in total. The van der Waals surface area contributed by atoms with Gasteiger partial charge in [0.25, 0.3) is 0 Å². The van der Waals surface area contributed by atoms with Crippen molar-refractivity contribution in [3.63, 3.8) is 0 Å². The molecule has 1 N–H and O–H groups in total. The van der Waals surface area contributed by atoms with Crippen LogP contribution in [0.3, 0.4) is 0 Å². The number of piperidine rings is 1. The quantitative estimate of drug-likeness (QED) is 0.812. The maximum absolute atomic E-state index is 9.28. The van der Waals surface area contributed by atoms with Crippen LogP contribution in [0.4, 0.5) is 0 Å². The van der Waals surface area contributed by atoms with Crippen molar-refractivity contribution in [3.8, 4) is 0 Å². The minimum atomic E-state index is 0.278. The Labute approximate surface area is 90.8 Å². The maximum atomic E-state index is 9.28. The predicted molar refractivity (Wildman–Crippen MR) is 59.4 cm³/mol. The number of aliphatic hydroxyl groups is 1. The number of likely N-dealkylation sites (tertiary alicyclic amines) is 1. The van der Waals surface area contributed by atoms with Gasteiger partial charge in [0.05, 0.1) is 6.61 Å². The molecule has 1 aromatic rings. The normalized spacial score (nSPS) is 22.9. The van der Waals surface area contributed by atoms with E-state index in [1.165, 1.54) is 18.4 Å². The van der Waals surface area contributed by atoms with Gasteiger partial charge in [-0.3, -0.25) is 9.88 Å². The van der Waals surface area contributed by atoms with Crippen LogP contribution in [0.1, 0.15) is 24.8 Å². The molecule has 3 heteroatoms. The average Bonchev–Trinajstić information content (AvgIpc) is 2.31. The Bertz CT molecular complexity index is 289. The van der Waals surface area contributed by atoms with Crippen molar-refractivity contribution in [1.82, 2.24) is 9.88 Å². The highest BCUT2D eigenvalue weighted by atomic mass is 16.3.